The summed E-state index contributed by atoms with van der Waals surface area (Å²) in [5.74, 6) is 1.77. The van der Waals surface area contributed by atoms with Gasteiger partial charge in [0.1, 0.15) is 5.82 Å². The molecular formula is C20H26N6O. The van der Waals surface area contributed by atoms with E-state index in [0.717, 1.165) is 30.2 Å². The fraction of sp³-hybridized carbons (Fsp3) is 0.400. The number of nitrogens with zero attached hydrogens (tertiary/aromatic N) is 5. The summed E-state index contributed by atoms with van der Waals surface area (Å²) in [6, 6.07) is 8.56. The highest BCUT2D eigenvalue weighted by Crippen LogP contribution is 2.28. The molecule has 0 aliphatic carbocycles. The first kappa shape index (κ1) is 17.6. The van der Waals surface area contributed by atoms with E-state index in [1.165, 1.54) is 18.4 Å². The average molecular weight is 366 g/mol. The Bertz CT molecular complexity index is 927. The highest BCUT2D eigenvalue weighted by Gasteiger charge is 2.24. The van der Waals surface area contributed by atoms with E-state index in [1.807, 2.05) is 32.3 Å². The van der Waals surface area contributed by atoms with Gasteiger partial charge in [0, 0.05) is 26.1 Å². The molecule has 7 nitrogen and oxygen atoms in total. The SMILES string of the molecule is CNCc1ccc(-c2nnc(-c3nc(N4CCC[C@H]4C)cnc3C)o2)cc1.[HH]. The molecule has 4 rings (SSSR count). The highest BCUT2D eigenvalue weighted by molar-refractivity contribution is 5.58. The predicted octanol–water partition coefficient (Wildman–Crippen LogP) is 3.46. The maximum absolute atomic E-state index is 5.92. The number of aryl methyl sites for hydroxylation is 1. The number of hydrogen-bond donors (Lipinski definition) is 1. The Hall–Kier alpha value is -2.80. The summed E-state index contributed by atoms with van der Waals surface area (Å²) in [5.41, 5.74) is 3.53. The van der Waals surface area contributed by atoms with E-state index in [1.54, 1.807) is 0 Å². The van der Waals surface area contributed by atoms with E-state index < -0.39 is 0 Å². The molecule has 142 valence electrons. The molecule has 1 aliphatic heterocycles. The topological polar surface area (TPSA) is 80.0 Å². The molecule has 27 heavy (non-hydrogen) atoms. The Morgan fingerprint density at radius 3 is 2.70 bits per heavy atom. The van der Waals surface area contributed by atoms with Crippen LogP contribution in [0.15, 0.2) is 34.9 Å². The lowest BCUT2D eigenvalue weighted by Gasteiger charge is -2.22. The van der Waals surface area contributed by atoms with Crippen molar-refractivity contribution in [2.75, 3.05) is 18.5 Å². The Balaban J connectivity index is 0.00000225. The van der Waals surface area contributed by atoms with Crippen molar-refractivity contribution < 1.29 is 5.84 Å². The normalized spacial score (nSPS) is 16.9. The molecule has 1 aliphatic rings. The molecule has 0 radical (unpaired) electrons. The van der Waals surface area contributed by atoms with Crippen molar-refractivity contribution >= 4 is 5.82 Å². The van der Waals surface area contributed by atoms with Crippen LogP contribution in [0, 0.1) is 6.92 Å². The monoisotopic (exact) mass is 366 g/mol. The molecule has 1 atom stereocenters. The standard InChI is InChI=1S/C20H24N6O.H2/c1-13-5-4-10-26(13)17-12-22-14(2)18(23-17)20-25-24-19(27-20)16-8-6-15(7-9-16)11-21-3;/h6-9,12-13,21H,4-5,10-11H2,1-3H3;1H/t13-;/m1./s1. The molecule has 3 heterocycles. The van der Waals surface area contributed by atoms with E-state index in [4.69, 9.17) is 9.40 Å². The number of rotatable bonds is 5. The van der Waals surface area contributed by atoms with Crippen LogP contribution in [0.5, 0.6) is 0 Å². The molecule has 0 unspecified atom stereocenters. The molecular weight excluding hydrogens is 340 g/mol. The van der Waals surface area contributed by atoms with Gasteiger partial charge in [0.05, 0.1) is 11.9 Å². The third-order valence-electron chi connectivity index (χ3n) is 5.00. The fourth-order valence-corrected chi connectivity index (χ4v) is 3.46. The first-order chi connectivity index (χ1) is 13.2. The maximum Gasteiger partial charge on any atom is 0.268 e. The summed E-state index contributed by atoms with van der Waals surface area (Å²) in [5, 5.41) is 11.6. The minimum absolute atomic E-state index is 0. The molecule has 2 aromatic heterocycles. The van der Waals surface area contributed by atoms with Gasteiger partial charge in [-0.15, -0.1) is 10.2 Å². The number of hydrogen-bond acceptors (Lipinski definition) is 7. The van der Waals surface area contributed by atoms with Crippen LogP contribution in [0.4, 0.5) is 5.82 Å². The summed E-state index contributed by atoms with van der Waals surface area (Å²) in [4.78, 5) is 11.6. The zero-order valence-electron chi connectivity index (χ0n) is 15.9. The predicted molar refractivity (Wildman–Crippen MR) is 106 cm³/mol. The van der Waals surface area contributed by atoms with Gasteiger partial charge < -0.3 is 14.6 Å². The van der Waals surface area contributed by atoms with Crippen LogP contribution in [0.1, 0.15) is 32.4 Å². The molecule has 1 N–H and O–H groups in total. The van der Waals surface area contributed by atoms with Gasteiger partial charge in [0.2, 0.25) is 5.89 Å². The molecule has 0 saturated carbocycles. The Kier molecular flexibility index (Phi) is 4.85. The number of aromatic nitrogens is 4. The minimum Gasteiger partial charge on any atom is -0.415 e. The molecule has 1 saturated heterocycles. The Labute approximate surface area is 160 Å². The van der Waals surface area contributed by atoms with Gasteiger partial charge in [-0.2, -0.15) is 0 Å². The minimum atomic E-state index is 0. The third-order valence-corrected chi connectivity index (χ3v) is 5.00. The van der Waals surface area contributed by atoms with Crippen molar-refractivity contribution in [3.8, 4) is 23.0 Å². The van der Waals surface area contributed by atoms with Gasteiger partial charge in [0.25, 0.3) is 5.89 Å². The van der Waals surface area contributed by atoms with Crippen LogP contribution in [0.3, 0.4) is 0 Å². The van der Waals surface area contributed by atoms with Crippen LogP contribution < -0.4 is 10.2 Å². The molecule has 1 fully saturated rings. The van der Waals surface area contributed by atoms with E-state index in [2.05, 4.69) is 44.5 Å². The maximum atomic E-state index is 5.92. The molecule has 0 amide bonds. The van der Waals surface area contributed by atoms with E-state index in [-0.39, 0.29) is 1.43 Å². The molecule has 1 aromatic carbocycles. The van der Waals surface area contributed by atoms with Crippen molar-refractivity contribution in [3.63, 3.8) is 0 Å². The average Bonchev–Trinajstić information content (AvgIpc) is 3.33. The van der Waals surface area contributed by atoms with Crippen molar-refractivity contribution in [1.82, 2.24) is 25.5 Å². The summed E-state index contributed by atoms with van der Waals surface area (Å²) >= 11 is 0. The second kappa shape index (κ2) is 7.44. The summed E-state index contributed by atoms with van der Waals surface area (Å²) in [6.07, 6.45) is 4.19. The zero-order chi connectivity index (χ0) is 18.8. The van der Waals surface area contributed by atoms with Gasteiger partial charge in [-0.25, -0.2) is 4.98 Å². The van der Waals surface area contributed by atoms with Crippen molar-refractivity contribution in [2.45, 2.75) is 39.3 Å². The largest absolute Gasteiger partial charge is 0.415 e. The van der Waals surface area contributed by atoms with Crippen LogP contribution in [-0.2, 0) is 6.54 Å². The van der Waals surface area contributed by atoms with E-state index >= 15 is 0 Å². The number of anilines is 1. The highest BCUT2D eigenvalue weighted by atomic mass is 16.4. The Morgan fingerprint density at radius 2 is 2.00 bits per heavy atom. The Morgan fingerprint density at radius 1 is 1.22 bits per heavy atom. The van der Waals surface area contributed by atoms with Gasteiger partial charge in [0.15, 0.2) is 5.69 Å². The number of benzene rings is 1. The zero-order valence-corrected chi connectivity index (χ0v) is 15.9. The number of nitrogens with one attached hydrogen (secondary N) is 1. The first-order valence-electron chi connectivity index (χ1n) is 9.34. The second-order valence-corrected chi connectivity index (χ2v) is 6.99. The van der Waals surface area contributed by atoms with E-state index in [9.17, 15) is 0 Å². The summed E-state index contributed by atoms with van der Waals surface area (Å²) in [7, 11) is 1.93. The third kappa shape index (κ3) is 3.55. The molecule has 0 bridgehead atoms. The summed E-state index contributed by atoms with van der Waals surface area (Å²) < 4.78 is 5.92. The lowest BCUT2D eigenvalue weighted by atomic mass is 10.1. The summed E-state index contributed by atoms with van der Waals surface area (Å²) in [6.45, 7) is 5.96. The lowest BCUT2D eigenvalue weighted by Crippen LogP contribution is -2.27. The van der Waals surface area contributed by atoms with Crippen molar-refractivity contribution in [1.29, 1.82) is 0 Å². The molecule has 3 aromatic rings. The van der Waals surface area contributed by atoms with Crippen molar-refractivity contribution in [2.24, 2.45) is 0 Å². The van der Waals surface area contributed by atoms with Gasteiger partial charge in [-0.1, -0.05) is 12.1 Å². The van der Waals surface area contributed by atoms with Gasteiger partial charge in [-0.3, -0.25) is 4.98 Å². The van der Waals surface area contributed by atoms with Crippen LogP contribution in [0.25, 0.3) is 23.0 Å². The van der Waals surface area contributed by atoms with Crippen LogP contribution in [-0.4, -0.2) is 39.8 Å². The second-order valence-electron chi connectivity index (χ2n) is 6.99. The fourth-order valence-electron chi connectivity index (χ4n) is 3.46. The van der Waals surface area contributed by atoms with E-state index in [0.29, 0.717) is 23.5 Å². The van der Waals surface area contributed by atoms with Crippen LogP contribution >= 0.6 is 0 Å². The molecule has 0 spiro atoms. The van der Waals surface area contributed by atoms with Gasteiger partial charge in [-0.05, 0) is 51.4 Å². The first-order valence-corrected chi connectivity index (χ1v) is 9.34. The smallest absolute Gasteiger partial charge is 0.268 e. The quantitative estimate of drug-likeness (QED) is 0.740. The molecule has 7 heteroatoms. The van der Waals surface area contributed by atoms with Crippen LogP contribution in [0.2, 0.25) is 0 Å². The van der Waals surface area contributed by atoms with Gasteiger partial charge >= 0.3 is 0 Å². The lowest BCUT2D eigenvalue weighted by molar-refractivity contribution is 0.580. The van der Waals surface area contributed by atoms with Crippen molar-refractivity contribution in [3.05, 3.63) is 41.7 Å².